The van der Waals surface area contributed by atoms with Gasteiger partial charge in [-0.1, -0.05) is 0 Å². The van der Waals surface area contributed by atoms with Crippen LogP contribution in [0, 0.1) is 12.7 Å². The van der Waals surface area contributed by atoms with Gasteiger partial charge in [0.15, 0.2) is 11.5 Å². The van der Waals surface area contributed by atoms with Crippen molar-refractivity contribution >= 4 is 16.8 Å². The van der Waals surface area contributed by atoms with E-state index < -0.39 is 0 Å². The van der Waals surface area contributed by atoms with E-state index in [4.69, 9.17) is 14.2 Å². The second-order valence-electron chi connectivity index (χ2n) is 6.61. The number of pyridine rings is 1. The number of nitrogens with zero attached hydrogens (tertiary/aromatic N) is 1. The van der Waals surface area contributed by atoms with Gasteiger partial charge < -0.3 is 19.5 Å². The predicted octanol–water partition coefficient (Wildman–Crippen LogP) is 4.20. The molecule has 0 aliphatic carbocycles. The average Bonchev–Trinajstić information content (AvgIpc) is 2.71. The first-order valence-electron chi connectivity index (χ1n) is 9.05. The average molecular weight is 398 g/mol. The second-order valence-corrected chi connectivity index (χ2v) is 6.61. The van der Waals surface area contributed by atoms with Gasteiger partial charge in [-0.3, -0.25) is 9.78 Å². The topological polar surface area (TPSA) is 69.7 Å². The van der Waals surface area contributed by atoms with Crippen LogP contribution in [-0.4, -0.2) is 32.2 Å². The minimum Gasteiger partial charge on any atom is -0.493 e. The fourth-order valence-electron chi connectivity index (χ4n) is 3.18. The van der Waals surface area contributed by atoms with E-state index in [-0.39, 0.29) is 17.8 Å². The monoisotopic (exact) mass is 398 g/mol. The van der Waals surface area contributed by atoms with Crippen LogP contribution in [0.1, 0.15) is 34.6 Å². The lowest BCUT2D eigenvalue weighted by Crippen LogP contribution is -2.27. The van der Waals surface area contributed by atoms with Crippen LogP contribution in [0.3, 0.4) is 0 Å². The van der Waals surface area contributed by atoms with E-state index >= 15 is 0 Å². The smallest absolute Gasteiger partial charge is 0.253 e. The van der Waals surface area contributed by atoms with Crippen molar-refractivity contribution < 1.29 is 23.4 Å². The number of halogens is 1. The van der Waals surface area contributed by atoms with Crippen molar-refractivity contribution in [3.8, 4) is 17.2 Å². The molecule has 1 amide bonds. The number of rotatable bonds is 6. The molecule has 0 aliphatic rings. The molecule has 0 radical (unpaired) electrons. The molecule has 3 aromatic rings. The van der Waals surface area contributed by atoms with Crippen molar-refractivity contribution in [1.82, 2.24) is 10.3 Å². The summed E-state index contributed by atoms with van der Waals surface area (Å²) in [5.41, 5.74) is 2.26. The Bertz CT molecular complexity index is 1040. The van der Waals surface area contributed by atoms with Gasteiger partial charge in [0.05, 0.1) is 44.1 Å². The number of methoxy groups -OCH3 is 3. The molecule has 1 N–H and O–H groups in total. The maximum Gasteiger partial charge on any atom is 0.253 e. The SMILES string of the molecule is COc1cc(C(C)NC(=O)c2cc3ccc(F)cc3nc2C)cc(OC)c1OC. The van der Waals surface area contributed by atoms with E-state index in [1.165, 1.54) is 33.5 Å². The molecule has 0 fully saturated rings. The number of aryl methyl sites for hydroxylation is 1. The van der Waals surface area contributed by atoms with Crippen LogP contribution >= 0.6 is 0 Å². The Morgan fingerprint density at radius 1 is 1.03 bits per heavy atom. The van der Waals surface area contributed by atoms with Gasteiger partial charge in [-0.05, 0) is 49.7 Å². The number of benzene rings is 2. The highest BCUT2D eigenvalue weighted by Crippen LogP contribution is 2.39. The third-order valence-corrected chi connectivity index (χ3v) is 4.75. The van der Waals surface area contributed by atoms with Gasteiger partial charge in [0.25, 0.3) is 5.91 Å². The standard InChI is InChI=1S/C22H23FN2O4/c1-12(15-9-19(27-3)21(29-5)20(10-15)28-4)25-22(26)17-8-14-6-7-16(23)11-18(14)24-13(17)2/h6-12H,1-5H3,(H,25,26). The summed E-state index contributed by atoms with van der Waals surface area (Å²) in [4.78, 5) is 17.2. The molecule has 0 spiro atoms. The highest BCUT2D eigenvalue weighted by Gasteiger charge is 2.19. The molecule has 1 aromatic heterocycles. The van der Waals surface area contributed by atoms with Gasteiger partial charge in [-0.2, -0.15) is 0 Å². The molecule has 29 heavy (non-hydrogen) atoms. The lowest BCUT2D eigenvalue weighted by atomic mass is 10.0. The third-order valence-electron chi connectivity index (χ3n) is 4.75. The molecule has 1 heterocycles. The molecular weight excluding hydrogens is 375 g/mol. The maximum atomic E-state index is 13.4. The summed E-state index contributed by atoms with van der Waals surface area (Å²) in [5, 5.41) is 3.66. The molecular formula is C22H23FN2O4. The van der Waals surface area contributed by atoms with E-state index in [1.54, 1.807) is 31.2 Å². The molecule has 152 valence electrons. The second kappa shape index (κ2) is 8.34. The molecule has 0 saturated carbocycles. The maximum absolute atomic E-state index is 13.4. The van der Waals surface area contributed by atoms with E-state index in [2.05, 4.69) is 10.3 Å². The summed E-state index contributed by atoms with van der Waals surface area (Å²) >= 11 is 0. The van der Waals surface area contributed by atoms with Crippen LogP contribution in [-0.2, 0) is 0 Å². The number of fused-ring (bicyclic) bond motifs is 1. The van der Waals surface area contributed by atoms with Gasteiger partial charge in [0.1, 0.15) is 5.82 Å². The normalized spacial score (nSPS) is 11.8. The van der Waals surface area contributed by atoms with Crippen LogP contribution in [0.2, 0.25) is 0 Å². The summed E-state index contributed by atoms with van der Waals surface area (Å²) in [6.45, 7) is 3.58. The quantitative estimate of drug-likeness (QED) is 0.674. The fourth-order valence-corrected chi connectivity index (χ4v) is 3.18. The van der Waals surface area contributed by atoms with Gasteiger partial charge >= 0.3 is 0 Å². The summed E-state index contributed by atoms with van der Waals surface area (Å²) in [7, 11) is 4.61. The van der Waals surface area contributed by atoms with E-state index in [0.717, 1.165) is 5.56 Å². The highest BCUT2D eigenvalue weighted by atomic mass is 19.1. The zero-order valence-corrected chi connectivity index (χ0v) is 17.0. The van der Waals surface area contributed by atoms with Gasteiger partial charge in [-0.15, -0.1) is 0 Å². The molecule has 0 saturated heterocycles. The van der Waals surface area contributed by atoms with Crippen molar-refractivity contribution in [2.45, 2.75) is 19.9 Å². The Hall–Kier alpha value is -3.35. The Morgan fingerprint density at radius 2 is 1.69 bits per heavy atom. The van der Waals surface area contributed by atoms with Crippen LogP contribution in [0.5, 0.6) is 17.2 Å². The minimum absolute atomic E-state index is 0.275. The lowest BCUT2D eigenvalue weighted by Gasteiger charge is -2.19. The number of ether oxygens (including phenoxy) is 3. The van der Waals surface area contributed by atoms with Crippen molar-refractivity contribution in [3.63, 3.8) is 0 Å². The summed E-state index contributed by atoms with van der Waals surface area (Å²) in [6.07, 6.45) is 0. The number of carbonyl (C=O) groups excluding carboxylic acids is 1. The summed E-state index contributed by atoms with van der Waals surface area (Å²) < 4.78 is 29.5. The van der Waals surface area contributed by atoms with Gasteiger partial charge in [0, 0.05) is 11.5 Å². The minimum atomic E-state index is -0.363. The van der Waals surface area contributed by atoms with E-state index in [1.807, 2.05) is 6.92 Å². The first kappa shape index (κ1) is 20.4. The zero-order chi connectivity index (χ0) is 21.1. The molecule has 1 unspecified atom stereocenters. The molecule has 0 aliphatic heterocycles. The summed E-state index contributed by atoms with van der Waals surface area (Å²) in [5.74, 6) is 0.862. The molecule has 6 nitrogen and oxygen atoms in total. The van der Waals surface area contributed by atoms with Crippen molar-refractivity contribution in [1.29, 1.82) is 0 Å². The van der Waals surface area contributed by atoms with E-state index in [0.29, 0.717) is 39.4 Å². The number of carbonyl (C=O) groups is 1. The van der Waals surface area contributed by atoms with Crippen molar-refractivity contribution in [2.24, 2.45) is 0 Å². The summed E-state index contributed by atoms with van der Waals surface area (Å²) in [6, 6.07) is 9.27. The predicted molar refractivity (Wildman–Crippen MR) is 108 cm³/mol. The van der Waals surface area contributed by atoms with Gasteiger partial charge in [0.2, 0.25) is 5.75 Å². The number of amides is 1. The number of aromatic nitrogens is 1. The zero-order valence-electron chi connectivity index (χ0n) is 17.0. The molecule has 2 aromatic carbocycles. The lowest BCUT2D eigenvalue weighted by molar-refractivity contribution is 0.0939. The van der Waals surface area contributed by atoms with Crippen LogP contribution < -0.4 is 19.5 Å². The van der Waals surface area contributed by atoms with Crippen molar-refractivity contribution in [2.75, 3.05) is 21.3 Å². The van der Waals surface area contributed by atoms with Crippen molar-refractivity contribution in [3.05, 3.63) is 59.0 Å². The van der Waals surface area contributed by atoms with E-state index in [9.17, 15) is 9.18 Å². The Balaban J connectivity index is 1.90. The molecule has 3 rings (SSSR count). The Morgan fingerprint density at radius 3 is 2.28 bits per heavy atom. The molecule has 7 heteroatoms. The molecule has 1 atom stereocenters. The Labute approximate surface area is 168 Å². The number of hydrogen-bond acceptors (Lipinski definition) is 5. The van der Waals surface area contributed by atoms with Crippen LogP contribution in [0.15, 0.2) is 36.4 Å². The highest BCUT2D eigenvalue weighted by molar-refractivity contribution is 5.98. The fraction of sp³-hybridized carbons (Fsp3) is 0.273. The first-order chi connectivity index (χ1) is 13.9. The van der Waals surface area contributed by atoms with Crippen LogP contribution in [0.4, 0.5) is 4.39 Å². The van der Waals surface area contributed by atoms with Crippen LogP contribution in [0.25, 0.3) is 10.9 Å². The largest absolute Gasteiger partial charge is 0.493 e. The number of hydrogen-bond donors (Lipinski definition) is 1. The Kier molecular flexibility index (Phi) is 5.87. The third kappa shape index (κ3) is 4.08. The van der Waals surface area contributed by atoms with Gasteiger partial charge in [-0.25, -0.2) is 4.39 Å². The molecule has 0 bridgehead atoms. The number of nitrogens with one attached hydrogen (secondary N) is 1. The first-order valence-corrected chi connectivity index (χ1v) is 9.05.